The zero-order valence-corrected chi connectivity index (χ0v) is 9.95. The predicted octanol–water partition coefficient (Wildman–Crippen LogP) is 2.32. The lowest BCUT2D eigenvalue weighted by Crippen LogP contribution is -2.26. The monoisotopic (exact) mass is 236 g/mol. The third-order valence-electron chi connectivity index (χ3n) is 2.37. The highest BCUT2D eigenvalue weighted by Gasteiger charge is 2.15. The minimum atomic E-state index is -0.0677. The molecule has 2 heterocycles. The van der Waals surface area contributed by atoms with Crippen LogP contribution in [0.1, 0.15) is 21.8 Å². The van der Waals surface area contributed by atoms with E-state index >= 15 is 0 Å². The Morgan fingerprint density at radius 1 is 1.62 bits per heavy atom. The Bertz CT molecular complexity index is 476. The Hall–Kier alpha value is -1.62. The molecule has 4 nitrogen and oxygen atoms in total. The summed E-state index contributed by atoms with van der Waals surface area (Å²) < 4.78 is 5.18. The van der Waals surface area contributed by atoms with Crippen LogP contribution in [-0.2, 0) is 6.54 Å². The molecule has 0 saturated carbocycles. The maximum atomic E-state index is 11.9. The molecule has 0 radical (unpaired) electrons. The molecule has 0 spiro atoms. The zero-order valence-electron chi connectivity index (χ0n) is 9.14. The molecule has 0 bridgehead atoms. The standard InChI is InChI=1S/C11H12N2O2S/c1-8-9(3-4-15-8)5-13(2)11(14)10-6-16-7-12-10/h3-4,6-7H,5H2,1-2H3. The van der Waals surface area contributed by atoms with Crippen LogP contribution in [0.15, 0.2) is 27.6 Å². The van der Waals surface area contributed by atoms with Crippen LogP contribution in [0.4, 0.5) is 0 Å². The van der Waals surface area contributed by atoms with Crippen LogP contribution >= 0.6 is 11.3 Å². The minimum Gasteiger partial charge on any atom is -0.469 e. The molecule has 16 heavy (non-hydrogen) atoms. The summed E-state index contributed by atoms with van der Waals surface area (Å²) in [6.07, 6.45) is 1.63. The second-order valence-corrected chi connectivity index (χ2v) is 4.26. The van der Waals surface area contributed by atoms with Crippen molar-refractivity contribution >= 4 is 17.2 Å². The molecule has 0 aliphatic heterocycles. The van der Waals surface area contributed by atoms with Crippen molar-refractivity contribution in [1.82, 2.24) is 9.88 Å². The summed E-state index contributed by atoms with van der Waals surface area (Å²) in [5, 5.41) is 1.75. The van der Waals surface area contributed by atoms with Crippen LogP contribution in [-0.4, -0.2) is 22.8 Å². The van der Waals surface area contributed by atoms with E-state index in [2.05, 4.69) is 4.98 Å². The summed E-state index contributed by atoms with van der Waals surface area (Å²) in [6.45, 7) is 2.43. The van der Waals surface area contributed by atoms with Crippen molar-refractivity contribution in [2.24, 2.45) is 0 Å². The smallest absolute Gasteiger partial charge is 0.273 e. The number of carbonyl (C=O) groups is 1. The van der Waals surface area contributed by atoms with E-state index in [9.17, 15) is 4.79 Å². The molecule has 0 aliphatic rings. The Morgan fingerprint density at radius 3 is 3.00 bits per heavy atom. The number of aryl methyl sites for hydroxylation is 1. The van der Waals surface area contributed by atoms with Gasteiger partial charge in [0.15, 0.2) is 0 Å². The lowest BCUT2D eigenvalue weighted by atomic mass is 10.2. The molecule has 0 aliphatic carbocycles. The lowest BCUT2D eigenvalue weighted by Gasteiger charge is -2.15. The van der Waals surface area contributed by atoms with Gasteiger partial charge in [0, 0.05) is 24.5 Å². The molecule has 0 N–H and O–H groups in total. The second kappa shape index (κ2) is 4.49. The molecule has 2 aromatic heterocycles. The predicted molar refractivity (Wildman–Crippen MR) is 61.4 cm³/mol. The molecule has 2 aromatic rings. The molecule has 0 atom stereocenters. The molecule has 5 heteroatoms. The first-order valence-corrected chi connectivity index (χ1v) is 5.79. The molecular weight excluding hydrogens is 224 g/mol. The number of aromatic nitrogens is 1. The average molecular weight is 236 g/mol. The van der Waals surface area contributed by atoms with E-state index in [-0.39, 0.29) is 5.91 Å². The van der Waals surface area contributed by atoms with Gasteiger partial charge in [-0.25, -0.2) is 4.98 Å². The molecule has 2 rings (SSSR count). The quantitative estimate of drug-likeness (QED) is 0.821. The van der Waals surface area contributed by atoms with Crippen molar-refractivity contribution in [3.63, 3.8) is 0 Å². The first-order valence-electron chi connectivity index (χ1n) is 4.85. The molecule has 0 saturated heterocycles. The Balaban J connectivity index is 2.07. The van der Waals surface area contributed by atoms with E-state index in [1.807, 2.05) is 13.0 Å². The van der Waals surface area contributed by atoms with Gasteiger partial charge in [-0.15, -0.1) is 11.3 Å². The van der Waals surface area contributed by atoms with Gasteiger partial charge in [0.2, 0.25) is 0 Å². The number of hydrogen-bond acceptors (Lipinski definition) is 4. The summed E-state index contributed by atoms with van der Waals surface area (Å²) in [7, 11) is 1.76. The third kappa shape index (κ3) is 2.14. The highest BCUT2D eigenvalue weighted by molar-refractivity contribution is 7.07. The van der Waals surface area contributed by atoms with Crippen LogP contribution in [0.3, 0.4) is 0 Å². The van der Waals surface area contributed by atoms with Gasteiger partial charge in [-0.3, -0.25) is 4.79 Å². The van der Waals surface area contributed by atoms with Gasteiger partial charge in [-0.1, -0.05) is 0 Å². The van der Waals surface area contributed by atoms with Crippen LogP contribution in [0.25, 0.3) is 0 Å². The molecule has 1 amide bonds. The first-order chi connectivity index (χ1) is 7.68. The summed E-state index contributed by atoms with van der Waals surface area (Å²) in [5.74, 6) is 0.778. The van der Waals surface area contributed by atoms with Crippen molar-refractivity contribution in [3.05, 3.63) is 40.2 Å². The summed E-state index contributed by atoms with van der Waals surface area (Å²) in [6, 6.07) is 1.88. The topological polar surface area (TPSA) is 46.3 Å². The number of rotatable bonds is 3. The van der Waals surface area contributed by atoms with E-state index in [1.165, 1.54) is 11.3 Å². The van der Waals surface area contributed by atoms with E-state index in [0.29, 0.717) is 12.2 Å². The average Bonchev–Trinajstić information content (AvgIpc) is 2.89. The van der Waals surface area contributed by atoms with Crippen molar-refractivity contribution in [2.75, 3.05) is 7.05 Å². The zero-order chi connectivity index (χ0) is 11.5. The number of nitrogens with zero attached hydrogens (tertiary/aromatic N) is 2. The number of furan rings is 1. The highest BCUT2D eigenvalue weighted by atomic mass is 32.1. The van der Waals surface area contributed by atoms with Crippen molar-refractivity contribution in [2.45, 2.75) is 13.5 Å². The van der Waals surface area contributed by atoms with Crippen LogP contribution in [0.2, 0.25) is 0 Å². The van der Waals surface area contributed by atoms with Gasteiger partial charge in [-0.05, 0) is 13.0 Å². The minimum absolute atomic E-state index is 0.0677. The van der Waals surface area contributed by atoms with Gasteiger partial charge >= 0.3 is 0 Å². The SMILES string of the molecule is Cc1occc1CN(C)C(=O)c1cscn1. The Morgan fingerprint density at radius 2 is 2.44 bits per heavy atom. The second-order valence-electron chi connectivity index (χ2n) is 3.54. The molecule has 0 aromatic carbocycles. The Labute approximate surface area is 97.5 Å². The van der Waals surface area contributed by atoms with Gasteiger partial charge in [0.05, 0.1) is 11.8 Å². The maximum absolute atomic E-state index is 11.9. The number of carbonyl (C=O) groups excluding carboxylic acids is 1. The maximum Gasteiger partial charge on any atom is 0.273 e. The first kappa shape index (κ1) is 10.9. The van der Waals surface area contributed by atoms with Crippen LogP contribution < -0.4 is 0 Å². The fourth-order valence-electron chi connectivity index (χ4n) is 1.42. The summed E-state index contributed by atoms with van der Waals surface area (Å²) in [5.41, 5.74) is 3.17. The van der Waals surface area contributed by atoms with Crippen LogP contribution in [0, 0.1) is 6.92 Å². The van der Waals surface area contributed by atoms with E-state index in [0.717, 1.165) is 11.3 Å². The highest BCUT2D eigenvalue weighted by Crippen LogP contribution is 2.13. The molecule has 84 valence electrons. The normalized spacial score (nSPS) is 10.4. The number of hydrogen-bond donors (Lipinski definition) is 0. The lowest BCUT2D eigenvalue weighted by molar-refractivity contribution is 0.0779. The fraction of sp³-hybridized carbons (Fsp3) is 0.273. The summed E-state index contributed by atoms with van der Waals surface area (Å²) >= 11 is 1.42. The van der Waals surface area contributed by atoms with E-state index in [4.69, 9.17) is 4.42 Å². The van der Waals surface area contributed by atoms with Crippen molar-refractivity contribution in [1.29, 1.82) is 0 Å². The summed E-state index contributed by atoms with van der Waals surface area (Å²) in [4.78, 5) is 17.5. The van der Waals surface area contributed by atoms with Crippen molar-refractivity contribution in [3.8, 4) is 0 Å². The number of amides is 1. The van der Waals surface area contributed by atoms with Gasteiger partial charge in [-0.2, -0.15) is 0 Å². The van der Waals surface area contributed by atoms with E-state index < -0.39 is 0 Å². The van der Waals surface area contributed by atoms with Gasteiger partial charge in [0.25, 0.3) is 5.91 Å². The van der Waals surface area contributed by atoms with Gasteiger partial charge in [0.1, 0.15) is 11.5 Å². The molecular formula is C11H12N2O2S. The van der Waals surface area contributed by atoms with E-state index in [1.54, 1.807) is 29.1 Å². The molecule has 0 unspecified atom stereocenters. The Kier molecular flexibility index (Phi) is 3.05. The third-order valence-corrected chi connectivity index (χ3v) is 2.96. The van der Waals surface area contributed by atoms with Crippen molar-refractivity contribution < 1.29 is 9.21 Å². The number of thiazole rings is 1. The fourth-order valence-corrected chi connectivity index (χ4v) is 1.94. The van der Waals surface area contributed by atoms with Crippen LogP contribution in [0.5, 0.6) is 0 Å². The molecule has 0 fully saturated rings. The largest absolute Gasteiger partial charge is 0.469 e. The van der Waals surface area contributed by atoms with Gasteiger partial charge < -0.3 is 9.32 Å².